The fraction of sp³-hybridized carbons (Fsp3) is 0.938. The van der Waals surface area contributed by atoms with Gasteiger partial charge in [-0.25, -0.2) is 0 Å². The Balaban J connectivity index is 1.80. The highest BCUT2D eigenvalue weighted by Crippen LogP contribution is 2.27. The van der Waals surface area contributed by atoms with Gasteiger partial charge in [0.1, 0.15) is 0 Å². The van der Waals surface area contributed by atoms with Crippen LogP contribution in [0.25, 0.3) is 0 Å². The van der Waals surface area contributed by atoms with Gasteiger partial charge in [-0.2, -0.15) is 0 Å². The van der Waals surface area contributed by atoms with E-state index in [-0.39, 0.29) is 18.1 Å². The summed E-state index contributed by atoms with van der Waals surface area (Å²) in [6.45, 7) is 5.74. The highest BCUT2D eigenvalue weighted by molar-refractivity contribution is 5.81. The average molecular weight is 282 g/mol. The number of carbonyl (C=O) groups excluding carboxylic acids is 1. The minimum absolute atomic E-state index is 0.000437. The lowest BCUT2D eigenvalue weighted by Gasteiger charge is -2.37. The Bertz CT molecular complexity index is 314. The molecule has 1 amide bonds. The molecule has 1 saturated heterocycles. The van der Waals surface area contributed by atoms with Crippen molar-refractivity contribution >= 4 is 5.91 Å². The van der Waals surface area contributed by atoms with Gasteiger partial charge in [0, 0.05) is 12.6 Å². The molecule has 116 valence electrons. The first-order valence-corrected chi connectivity index (χ1v) is 8.31. The molecule has 1 saturated carbocycles. The number of nitrogens with one attached hydrogen (secondary N) is 1. The van der Waals surface area contributed by atoms with Crippen LogP contribution in [0.15, 0.2) is 0 Å². The maximum absolute atomic E-state index is 12.4. The summed E-state index contributed by atoms with van der Waals surface area (Å²) in [5.74, 6) is 0.498. The molecule has 4 nitrogen and oxygen atoms in total. The smallest absolute Gasteiger partial charge is 0.237 e. The average Bonchev–Trinajstić information content (AvgIpc) is 2.98. The number of amides is 1. The summed E-state index contributed by atoms with van der Waals surface area (Å²) in [7, 11) is 0. The Morgan fingerprint density at radius 3 is 2.50 bits per heavy atom. The molecule has 0 aromatic carbocycles. The van der Waals surface area contributed by atoms with E-state index in [4.69, 9.17) is 0 Å². The number of aliphatic hydroxyl groups excluding tert-OH is 1. The van der Waals surface area contributed by atoms with Crippen molar-refractivity contribution in [1.82, 2.24) is 10.2 Å². The maximum atomic E-state index is 12.4. The van der Waals surface area contributed by atoms with E-state index in [0.717, 1.165) is 32.2 Å². The molecule has 1 heterocycles. The van der Waals surface area contributed by atoms with E-state index in [1.165, 1.54) is 19.3 Å². The molecule has 0 aromatic heterocycles. The molecule has 1 aliphatic carbocycles. The van der Waals surface area contributed by atoms with E-state index in [1.807, 2.05) is 0 Å². The Labute approximate surface area is 122 Å². The van der Waals surface area contributed by atoms with Crippen molar-refractivity contribution in [1.29, 1.82) is 0 Å². The van der Waals surface area contributed by atoms with Crippen LogP contribution in [0, 0.1) is 5.92 Å². The van der Waals surface area contributed by atoms with Crippen LogP contribution in [-0.4, -0.2) is 47.2 Å². The molecule has 2 atom stereocenters. The number of nitrogens with zero attached hydrogens (tertiary/aromatic N) is 1. The Kier molecular flexibility index (Phi) is 5.85. The zero-order valence-electron chi connectivity index (χ0n) is 13.0. The highest BCUT2D eigenvalue weighted by Gasteiger charge is 2.31. The fourth-order valence-corrected chi connectivity index (χ4v) is 3.69. The first-order chi connectivity index (χ1) is 9.59. The molecule has 0 spiro atoms. The first kappa shape index (κ1) is 15.8. The van der Waals surface area contributed by atoms with Crippen molar-refractivity contribution in [3.8, 4) is 0 Å². The van der Waals surface area contributed by atoms with Gasteiger partial charge in [0.15, 0.2) is 0 Å². The summed E-state index contributed by atoms with van der Waals surface area (Å²) in [4.78, 5) is 14.7. The molecule has 0 bridgehead atoms. The molecule has 0 radical (unpaired) electrons. The number of likely N-dealkylation sites (tertiary alicyclic amines) is 1. The van der Waals surface area contributed by atoms with Crippen molar-refractivity contribution in [2.45, 2.75) is 77.0 Å². The van der Waals surface area contributed by atoms with Crippen molar-refractivity contribution in [3.05, 3.63) is 0 Å². The maximum Gasteiger partial charge on any atom is 0.237 e. The van der Waals surface area contributed by atoms with Gasteiger partial charge in [0.05, 0.1) is 12.1 Å². The van der Waals surface area contributed by atoms with Gasteiger partial charge in [0.25, 0.3) is 0 Å². The van der Waals surface area contributed by atoms with Crippen molar-refractivity contribution < 1.29 is 9.90 Å². The van der Waals surface area contributed by atoms with Crippen LogP contribution >= 0.6 is 0 Å². The van der Waals surface area contributed by atoms with E-state index < -0.39 is 0 Å². The van der Waals surface area contributed by atoms with Crippen LogP contribution in [0.2, 0.25) is 0 Å². The molecular formula is C16H30N2O2. The number of piperidine rings is 1. The minimum Gasteiger partial charge on any atom is -0.391 e. The Morgan fingerprint density at radius 2 is 1.85 bits per heavy atom. The van der Waals surface area contributed by atoms with E-state index in [2.05, 4.69) is 24.1 Å². The highest BCUT2D eigenvalue weighted by atomic mass is 16.3. The number of aliphatic hydroxyl groups is 1. The van der Waals surface area contributed by atoms with Crippen LogP contribution in [0.3, 0.4) is 0 Å². The van der Waals surface area contributed by atoms with Gasteiger partial charge >= 0.3 is 0 Å². The molecule has 4 heteroatoms. The standard InChI is InChI=1S/C16H30N2O2/c1-12(2)18-10-6-5-9-14(18)16(20)17-11-15(19)13-7-3-4-8-13/h12-15,19H,3-11H2,1-2H3,(H,17,20)/t14-,15-/m0/s1. The summed E-state index contributed by atoms with van der Waals surface area (Å²) in [6.07, 6.45) is 7.57. The second-order valence-corrected chi connectivity index (χ2v) is 6.70. The lowest BCUT2D eigenvalue weighted by molar-refractivity contribution is -0.129. The van der Waals surface area contributed by atoms with Crippen LogP contribution in [0.1, 0.15) is 58.8 Å². The third-order valence-electron chi connectivity index (χ3n) is 4.94. The zero-order valence-corrected chi connectivity index (χ0v) is 13.0. The molecular weight excluding hydrogens is 252 g/mol. The van der Waals surface area contributed by atoms with E-state index in [1.54, 1.807) is 0 Å². The van der Waals surface area contributed by atoms with Gasteiger partial charge in [-0.3, -0.25) is 9.69 Å². The van der Waals surface area contributed by atoms with E-state index >= 15 is 0 Å². The third-order valence-corrected chi connectivity index (χ3v) is 4.94. The third kappa shape index (κ3) is 3.95. The summed E-state index contributed by atoms with van der Waals surface area (Å²) >= 11 is 0. The van der Waals surface area contributed by atoms with Crippen LogP contribution in [-0.2, 0) is 4.79 Å². The molecule has 2 rings (SSSR count). The predicted octanol–water partition coefficient (Wildman–Crippen LogP) is 1.92. The zero-order chi connectivity index (χ0) is 14.5. The van der Waals surface area contributed by atoms with Gasteiger partial charge < -0.3 is 10.4 Å². The number of hydrogen-bond acceptors (Lipinski definition) is 3. The van der Waals surface area contributed by atoms with Crippen LogP contribution in [0.5, 0.6) is 0 Å². The number of carbonyl (C=O) groups is 1. The normalized spacial score (nSPS) is 26.9. The second-order valence-electron chi connectivity index (χ2n) is 6.70. The van der Waals surface area contributed by atoms with Crippen molar-refractivity contribution in [3.63, 3.8) is 0 Å². The Hall–Kier alpha value is -0.610. The molecule has 0 unspecified atom stereocenters. The van der Waals surface area contributed by atoms with E-state index in [9.17, 15) is 9.90 Å². The van der Waals surface area contributed by atoms with Crippen molar-refractivity contribution in [2.24, 2.45) is 5.92 Å². The van der Waals surface area contributed by atoms with E-state index in [0.29, 0.717) is 18.5 Å². The minimum atomic E-state index is -0.363. The first-order valence-electron chi connectivity index (χ1n) is 8.31. The largest absolute Gasteiger partial charge is 0.391 e. The quantitative estimate of drug-likeness (QED) is 0.810. The summed E-state index contributed by atoms with van der Waals surface area (Å²) < 4.78 is 0. The van der Waals surface area contributed by atoms with Crippen LogP contribution < -0.4 is 5.32 Å². The summed E-state index contributed by atoms with van der Waals surface area (Å²) in [6, 6.07) is 0.408. The molecule has 2 fully saturated rings. The number of hydrogen-bond donors (Lipinski definition) is 2. The SMILES string of the molecule is CC(C)N1CCCC[C@H]1C(=O)NC[C@H](O)C1CCCC1. The van der Waals surface area contributed by atoms with Crippen LogP contribution in [0.4, 0.5) is 0 Å². The van der Waals surface area contributed by atoms with Gasteiger partial charge in [-0.1, -0.05) is 19.3 Å². The van der Waals surface area contributed by atoms with Gasteiger partial charge in [-0.15, -0.1) is 0 Å². The Morgan fingerprint density at radius 1 is 1.20 bits per heavy atom. The molecule has 2 aliphatic rings. The molecule has 2 N–H and O–H groups in total. The lowest BCUT2D eigenvalue weighted by Crippen LogP contribution is -2.53. The molecule has 1 aliphatic heterocycles. The monoisotopic (exact) mass is 282 g/mol. The molecule has 0 aromatic rings. The summed E-state index contributed by atoms with van der Waals surface area (Å²) in [5, 5.41) is 13.1. The van der Waals surface area contributed by atoms with Gasteiger partial charge in [0.2, 0.25) is 5.91 Å². The van der Waals surface area contributed by atoms with Gasteiger partial charge in [-0.05, 0) is 52.0 Å². The lowest BCUT2D eigenvalue weighted by atomic mass is 9.98. The summed E-state index contributed by atoms with van der Waals surface area (Å²) in [5.41, 5.74) is 0. The second kappa shape index (κ2) is 7.41. The van der Waals surface area contributed by atoms with Crippen molar-refractivity contribution in [2.75, 3.05) is 13.1 Å². The predicted molar refractivity (Wildman–Crippen MR) is 80.5 cm³/mol. The topological polar surface area (TPSA) is 52.6 Å². The number of rotatable bonds is 5. The fourth-order valence-electron chi connectivity index (χ4n) is 3.69. The molecule has 20 heavy (non-hydrogen) atoms.